The summed E-state index contributed by atoms with van der Waals surface area (Å²) >= 11 is 1.57. The fourth-order valence-corrected chi connectivity index (χ4v) is 4.54. The Morgan fingerprint density at radius 3 is 2.59 bits per heavy atom. The Labute approximate surface area is 188 Å². The van der Waals surface area contributed by atoms with Gasteiger partial charge in [0, 0.05) is 11.6 Å². The number of pyridine rings is 1. The Kier molecular flexibility index (Phi) is 5.52. The number of fused-ring (bicyclic) bond motifs is 1. The predicted octanol–water partition coefficient (Wildman–Crippen LogP) is 6.19. The van der Waals surface area contributed by atoms with Crippen LogP contribution in [0.1, 0.15) is 5.56 Å². The Morgan fingerprint density at radius 1 is 1.00 bits per heavy atom. The molecule has 3 aromatic carbocycles. The van der Waals surface area contributed by atoms with Gasteiger partial charge in [-0.2, -0.15) is 0 Å². The van der Waals surface area contributed by atoms with Crippen LogP contribution in [0, 0.1) is 5.82 Å². The summed E-state index contributed by atoms with van der Waals surface area (Å²) in [4.78, 5) is 9.84. The van der Waals surface area contributed by atoms with E-state index in [0.717, 1.165) is 43.8 Å². The van der Waals surface area contributed by atoms with Crippen LogP contribution in [0.3, 0.4) is 0 Å². The van der Waals surface area contributed by atoms with Crippen LogP contribution in [0.25, 0.3) is 22.0 Å². The van der Waals surface area contributed by atoms with Crippen LogP contribution in [0.15, 0.2) is 95.6 Å². The van der Waals surface area contributed by atoms with Crippen molar-refractivity contribution < 1.29 is 9.13 Å². The van der Waals surface area contributed by atoms with E-state index in [-0.39, 0.29) is 5.82 Å². The fourth-order valence-electron chi connectivity index (χ4n) is 3.62. The highest BCUT2D eigenvalue weighted by Crippen LogP contribution is 2.28. The highest BCUT2D eigenvalue weighted by Gasteiger charge is 2.11. The third-order valence-electron chi connectivity index (χ3n) is 5.27. The van der Waals surface area contributed by atoms with Gasteiger partial charge in [-0.3, -0.25) is 4.98 Å². The predicted molar refractivity (Wildman–Crippen MR) is 127 cm³/mol. The molecule has 4 nitrogen and oxygen atoms in total. The molecule has 0 spiro atoms. The first-order valence-electron chi connectivity index (χ1n) is 10.2. The van der Waals surface area contributed by atoms with Gasteiger partial charge in [-0.15, -0.1) is 11.3 Å². The van der Waals surface area contributed by atoms with Crippen molar-refractivity contribution in [2.75, 3.05) is 7.11 Å². The zero-order valence-electron chi connectivity index (χ0n) is 17.4. The smallest absolute Gasteiger partial charge is 0.190 e. The Bertz CT molecular complexity index is 1440. The van der Waals surface area contributed by atoms with Gasteiger partial charge in [0.05, 0.1) is 31.2 Å². The summed E-state index contributed by atoms with van der Waals surface area (Å²) in [6.45, 7) is 0.582. The van der Waals surface area contributed by atoms with Gasteiger partial charge in [0.1, 0.15) is 11.6 Å². The van der Waals surface area contributed by atoms with Crippen molar-refractivity contribution in [1.29, 1.82) is 0 Å². The molecule has 2 aromatic heterocycles. The molecular weight excluding hydrogens is 421 g/mol. The van der Waals surface area contributed by atoms with E-state index in [2.05, 4.69) is 39.2 Å². The van der Waals surface area contributed by atoms with E-state index in [4.69, 9.17) is 9.73 Å². The van der Waals surface area contributed by atoms with Crippen molar-refractivity contribution in [3.63, 3.8) is 0 Å². The third-order valence-corrected chi connectivity index (χ3v) is 6.13. The van der Waals surface area contributed by atoms with Crippen molar-refractivity contribution in [2.45, 2.75) is 6.54 Å². The van der Waals surface area contributed by atoms with E-state index in [0.29, 0.717) is 6.54 Å². The molecule has 0 atom stereocenters. The summed E-state index contributed by atoms with van der Waals surface area (Å²) < 4.78 is 20.9. The summed E-state index contributed by atoms with van der Waals surface area (Å²) in [5.41, 5.74) is 3.94. The standard InChI is InChI=1S/C26H20FN3OS/c1-31-24-11-8-19-13-21(7-6-20(19)14-24)25-17-32-26(29-23-3-2-12-28-15-23)30(25)16-18-4-9-22(27)10-5-18/h2-15,17H,16H2,1H3. The molecular formula is C26H20FN3OS. The van der Waals surface area contributed by atoms with Crippen molar-refractivity contribution >= 4 is 27.8 Å². The minimum Gasteiger partial charge on any atom is -0.497 e. The van der Waals surface area contributed by atoms with E-state index >= 15 is 0 Å². The van der Waals surface area contributed by atoms with Crippen LogP contribution in [-0.2, 0) is 6.54 Å². The van der Waals surface area contributed by atoms with Crippen molar-refractivity contribution in [1.82, 2.24) is 9.55 Å². The minimum absolute atomic E-state index is 0.241. The van der Waals surface area contributed by atoms with Crippen LogP contribution in [0.2, 0.25) is 0 Å². The molecule has 5 aromatic rings. The zero-order valence-corrected chi connectivity index (χ0v) is 18.2. The van der Waals surface area contributed by atoms with Crippen molar-refractivity contribution in [2.24, 2.45) is 4.99 Å². The number of hydrogen-bond acceptors (Lipinski definition) is 4. The Balaban J connectivity index is 1.64. The van der Waals surface area contributed by atoms with Gasteiger partial charge in [-0.25, -0.2) is 9.38 Å². The molecule has 0 amide bonds. The van der Waals surface area contributed by atoms with E-state index < -0.39 is 0 Å². The molecule has 0 unspecified atom stereocenters. The number of ether oxygens (including phenoxy) is 1. The van der Waals surface area contributed by atoms with Crippen LogP contribution in [0.5, 0.6) is 5.75 Å². The van der Waals surface area contributed by atoms with E-state index in [9.17, 15) is 4.39 Å². The largest absolute Gasteiger partial charge is 0.497 e. The number of rotatable bonds is 5. The molecule has 0 aliphatic heterocycles. The summed E-state index contributed by atoms with van der Waals surface area (Å²) in [7, 11) is 1.67. The lowest BCUT2D eigenvalue weighted by Gasteiger charge is -2.11. The summed E-state index contributed by atoms with van der Waals surface area (Å²) in [5.74, 6) is 0.597. The maximum Gasteiger partial charge on any atom is 0.190 e. The number of benzene rings is 3. The fraction of sp³-hybridized carbons (Fsp3) is 0.0769. The lowest BCUT2D eigenvalue weighted by atomic mass is 10.0. The number of halogens is 1. The van der Waals surface area contributed by atoms with Crippen molar-refractivity contribution in [3.8, 4) is 17.0 Å². The first-order chi connectivity index (χ1) is 15.7. The molecule has 5 rings (SSSR count). The highest BCUT2D eigenvalue weighted by molar-refractivity contribution is 7.07. The molecule has 6 heteroatoms. The van der Waals surface area contributed by atoms with Crippen LogP contribution in [0.4, 0.5) is 10.1 Å². The van der Waals surface area contributed by atoms with Crippen LogP contribution < -0.4 is 9.54 Å². The molecule has 0 saturated carbocycles. The van der Waals surface area contributed by atoms with Gasteiger partial charge >= 0.3 is 0 Å². The quantitative estimate of drug-likeness (QED) is 0.326. The van der Waals surface area contributed by atoms with Crippen LogP contribution in [-0.4, -0.2) is 16.7 Å². The number of hydrogen-bond donors (Lipinski definition) is 0. The second-order valence-electron chi connectivity index (χ2n) is 7.37. The lowest BCUT2D eigenvalue weighted by Crippen LogP contribution is -2.16. The topological polar surface area (TPSA) is 39.4 Å². The average molecular weight is 442 g/mol. The molecule has 0 fully saturated rings. The molecule has 158 valence electrons. The Hall–Kier alpha value is -3.77. The van der Waals surface area contributed by atoms with E-state index in [1.165, 1.54) is 12.1 Å². The highest BCUT2D eigenvalue weighted by atomic mass is 32.1. The van der Waals surface area contributed by atoms with Crippen LogP contribution >= 0.6 is 11.3 Å². The number of aromatic nitrogens is 2. The molecule has 0 aliphatic rings. The van der Waals surface area contributed by atoms with E-state index in [1.807, 2.05) is 36.4 Å². The maximum atomic E-state index is 13.4. The summed E-state index contributed by atoms with van der Waals surface area (Å²) in [5, 5.41) is 4.37. The molecule has 0 radical (unpaired) electrons. The molecule has 0 bridgehead atoms. The minimum atomic E-state index is -0.241. The zero-order chi connectivity index (χ0) is 21.9. The van der Waals surface area contributed by atoms with Gasteiger partial charge in [0.15, 0.2) is 4.80 Å². The normalized spacial score (nSPS) is 11.8. The summed E-state index contributed by atoms with van der Waals surface area (Å²) in [6, 6.07) is 22.8. The third kappa shape index (κ3) is 4.18. The maximum absolute atomic E-state index is 13.4. The second-order valence-corrected chi connectivity index (χ2v) is 8.20. The van der Waals surface area contributed by atoms with Crippen molar-refractivity contribution in [3.05, 3.63) is 107 Å². The number of nitrogens with zero attached hydrogens (tertiary/aromatic N) is 3. The first kappa shape index (κ1) is 20.2. The molecule has 0 aliphatic carbocycles. The molecule has 0 N–H and O–H groups in total. The SMILES string of the molecule is COc1ccc2cc(-c3csc(=Nc4cccnc4)n3Cc3ccc(F)cc3)ccc2c1. The Morgan fingerprint density at radius 2 is 1.81 bits per heavy atom. The van der Waals surface area contributed by atoms with Gasteiger partial charge in [0.25, 0.3) is 0 Å². The molecule has 0 saturated heterocycles. The summed E-state index contributed by atoms with van der Waals surface area (Å²) in [6.07, 6.45) is 3.47. The van der Waals surface area contributed by atoms with Gasteiger partial charge in [0.2, 0.25) is 0 Å². The monoisotopic (exact) mass is 441 g/mol. The molecule has 2 heterocycles. The first-order valence-corrected chi connectivity index (χ1v) is 11.0. The van der Waals surface area contributed by atoms with Gasteiger partial charge in [-0.05, 0) is 64.4 Å². The second kappa shape index (κ2) is 8.77. The average Bonchev–Trinajstić information content (AvgIpc) is 3.22. The van der Waals surface area contributed by atoms with Gasteiger partial charge in [-0.1, -0.05) is 30.3 Å². The lowest BCUT2D eigenvalue weighted by molar-refractivity contribution is 0.415. The molecule has 32 heavy (non-hydrogen) atoms. The van der Waals surface area contributed by atoms with Gasteiger partial charge < -0.3 is 9.30 Å². The number of methoxy groups -OCH3 is 1. The number of thiazole rings is 1. The van der Waals surface area contributed by atoms with E-state index in [1.54, 1.807) is 30.8 Å².